The number of nitrogens with one attached hydrogen (secondary N) is 1. The van der Waals surface area contributed by atoms with Crippen molar-refractivity contribution in [2.75, 3.05) is 11.9 Å². The molecule has 2 heterocycles. The standard InChI is InChI=1S/C22H14Cl2N2O6/c23-13-4-6-17(24)18(9-13)25-19(27)11-32-22(30)12-3-5-15-16(8-12)21(29)26(20(15)28)10-14-2-1-7-31-14/h1-9H,10-11H2,(H,25,27). The van der Waals surface area contributed by atoms with Gasteiger partial charge in [-0.3, -0.25) is 19.3 Å². The molecule has 162 valence electrons. The fraction of sp³-hybridized carbons (Fsp3) is 0.0909. The Kier molecular flexibility index (Phi) is 5.98. The second kappa shape index (κ2) is 8.86. The van der Waals surface area contributed by atoms with E-state index in [0.717, 1.165) is 4.90 Å². The summed E-state index contributed by atoms with van der Waals surface area (Å²) in [4.78, 5) is 50.7. The molecule has 4 rings (SSSR count). The van der Waals surface area contributed by atoms with Gasteiger partial charge in [-0.25, -0.2) is 4.79 Å². The first-order valence-corrected chi connectivity index (χ1v) is 10.0. The van der Waals surface area contributed by atoms with Crippen molar-refractivity contribution in [3.63, 3.8) is 0 Å². The number of benzene rings is 2. The zero-order valence-corrected chi connectivity index (χ0v) is 17.8. The van der Waals surface area contributed by atoms with E-state index in [-0.39, 0.29) is 33.9 Å². The maximum absolute atomic E-state index is 12.7. The van der Waals surface area contributed by atoms with Gasteiger partial charge in [0, 0.05) is 5.02 Å². The van der Waals surface area contributed by atoms with E-state index in [4.69, 9.17) is 32.4 Å². The smallest absolute Gasteiger partial charge is 0.338 e. The number of carbonyl (C=O) groups is 4. The van der Waals surface area contributed by atoms with Gasteiger partial charge < -0.3 is 14.5 Å². The zero-order chi connectivity index (χ0) is 22.8. The number of amides is 3. The highest BCUT2D eigenvalue weighted by Gasteiger charge is 2.36. The van der Waals surface area contributed by atoms with Gasteiger partial charge in [-0.2, -0.15) is 0 Å². The van der Waals surface area contributed by atoms with E-state index in [0.29, 0.717) is 10.8 Å². The fourth-order valence-electron chi connectivity index (χ4n) is 3.11. The Hall–Kier alpha value is -3.62. The lowest BCUT2D eigenvalue weighted by molar-refractivity contribution is -0.119. The van der Waals surface area contributed by atoms with E-state index < -0.39 is 30.3 Å². The average Bonchev–Trinajstić information content (AvgIpc) is 3.37. The van der Waals surface area contributed by atoms with Crippen molar-refractivity contribution < 1.29 is 28.3 Å². The molecule has 2 aromatic carbocycles. The molecule has 1 aliphatic heterocycles. The molecule has 3 amide bonds. The molecule has 0 saturated heterocycles. The summed E-state index contributed by atoms with van der Waals surface area (Å²) >= 11 is 11.9. The number of anilines is 1. The second-order valence-corrected chi connectivity index (χ2v) is 7.63. The van der Waals surface area contributed by atoms with Crippen molar-refractivity contribution in [2.24, 2.45) is 0 Å². The fourth-order valence-corrected chi connectivity index (χ4v) is 3.45. The van der Waals surface area contributed by atoms with Crippen molar-refractivity contribution in [2.45, 2.75) is 6.54 Å². The Morgan fingerprint density at radius 3 is 2.53 bits per heavy atom. The van der Waals surface area contributed by atoms with Gasteiger partial charge in [0.1, 0.15) is 5.76 Å². The molecule has 1 aliphatic rings. The van der Waals surface area contributed by atoms with Crippen LogP contribution in [0.1, 0.15) is 36.8 Å². The lowest BCUT2D eigenvalue weighted by Crippen LogP contribution is -2.28. The van der Waals surface area contributed by atoms with Gasteiger partial charge in [0.2, 0.25) is 0 Å². The molecule has 1 aromatic heterocycles. The Morgan fingerprint density at radius 2 is 1.78 bits per heavy atom. The molecule has 0 radical (unpaired) electrons. The van der Waals surface area contributed by atoms with E-state index in [1.165, 1.54) is 36.6 Å². The van der Waals surface area contributed by atoms with E-state index in [2.05, 4.69) is 5.32 Å². The second-order valence-electron chi connectivity index (χ2n) is 6.78. The number of rotatable bonds is 6. The molecule has 0 bridgehead atoms. The topological polar surface area (TPSA) is 106 Å². The van der Waals surface area contributed by atoms with Gasteiger partial charge in [-0.05, 0) is 48.5 Å². The minimum absolute atomic E-state index is 0.0225. The summed E-state index contributed by atoms with van der Waals surface area (Å²) in [6.45, 7) is -0.610. The van der Waals surface area contributed by atoms with Crippen molar-refractivity contribution in [1.29, 1.82) is 0 Å². The summed E-state index contributed by atoms with van der Waals surface area (Å²) in [5, 5.41) is 3.14. The summed E-state index contributed by atoms with van der Waals surface area (Å²) in [6.07, 6.45) is 1.44. The van der Waals surface area contributed by atoms with Crippen LogP contribution in [-0.4, -0.2) is 35.2 Å². The van der Waals surface area contributed by atoms with E-state index in [1.54, 1.807) is 18.2 Å². The molecule has 10 heteroatoms. The van der Waals surface area contributed by atoms with Gasteiger partial charge in [0.25, 0.3) is 17.7 Å². The highest BCUT2D eigenvalue weighted by atomic mass is 35.5. The summed E-state index contributed by atoms with van der Waals surface area (Å²) in [7, 11) is 0. The van der Waals surface area contributed by atoms with Crippen molar-refractivity contribution in [3.05, 3.63) is 87.3 Å². The molecule has 0 fully saturated rings. The molecule has 0 spiro atoms. The molecule has 0 saturated carbocycles. The van der Waals surface area contributed by atoms with Crippen LogP contribution >= 0.6 is 23.2 Å². The zero-order valence-electron chi connectivity index (χ0n) is 16.3. The molecule has 0 unspecified atom stereocenters. The highest BCUT2D eigenvalue weighted by molar-refractivity contribution is 6.35. The Morgan fingerprint density at radius 1 is 1.00 bits per heavy atom. The van der Waals surface area contributed by atoms with Crippen LogP contribution in [0, 0.1) is 0 Å². The number of ether oxygens (including phenoxy) is 1. The van der Waals surface area contributed by atoms with Crippen LogP contribution in [-0.2, 0) is 16.1 Å². The number of hydrogen-bond acceptors (Lipinski definition) is 6. The monoisotopic (exact) mass is 472 g/mol. The van der Waals surface area contributed by atoms with Crippen LogP contribution in [0.15, 0.2) is 59.2 Å². The van der Waals surface area contributed by atoms with Gasteiger partial charge >= 0.3 is 5.97 Å². The predicted octanol–water partition coefficient (Wildman–Crippen LogP) is 4.18. The lowest BCUT2D eigenvalue weighted by atomic mass is 10.1. The average molecular weight is 473 g/mol. The summed E-state index contributed by atoms with van der Waals surface area (Å²) in [5.74, 6) is -2.04. The Labute approximate surface area is 191 Å². The first kappa shape index (κ1) is 21.6. The van der Waals surface area contributed by atoms with Crippen LogP contribution in [0.3, 0.4) is 0 Å². The van der Waals surface area contributed by atoms with Gasteiger partial charge in [0.15, 0.2) is 6.61 Å². The predicted molar refractivity (Wildman–Crippen MR) is 115 cm³/mol. The minimum Gasteiger partial charge on any atom is -0.467 e. The third-order valence-electron chi connectivity index (χ3n) is 4.64. The number of imide groups is 1. The van der Waals surface area contributed by atoms with Crippen molar-refractivity contribution in [1.82, 2.24) is 4.90 Å². The Balaban J connectivity index is 1.41. The van der Waals surface area contributed by atoms with Crippen molar-refractivity contribution >= 4 is 52.6 Å². The summed E-state index contributed by atoms with van der Waals surface area (Å²) in [5.41, 5.74) is 0.550. The molecule has 3 aromatic rings. The molecular formula is C22H14Cl2N2O6. The van der Waals surface area contributed by atoms with Gasteiger partial charge in [0.05, 0.1) is 40.2 Å². The maximum Gasteiger partial charge on any atom is 0.338 e. The molecule has 32 heavy (non-hydrogen) atoms. The van der Waals surface area contributed by atoms with Crippen molar-refractivity contribution in [3.8, 4) is 0 Å². The molecule has 1 N–H and O–H groups in total. The molecular weight excluding hydrogens is 459 g/mol. The number of fused-ring (bicyclic) bond motifs is 1. The number of carbonyl (C=O) groups excluding carboxylic acids is 4. The van der Waals surface area contributed by atoms with E-state index in [1.807, 2.05) is 0 Å². The lowest BCUT2D eigenvalue weighted by Gasteiger charge is -2.11. The third kappa shape index (κ3) is 4.37. The number of furan rings is 1. The van der Waals surface area contributed by atoms with Crippen LogP contribution < -0.4 is 5.32 Å². The van der Waals surface area contributed by atoms with Gasteiger partial charge in [-0.1, -0.05) is 23.2 Å². The van der Waals surface area contributed by atoms with Crippen LogP contribution in [0.2, 0.25) is 10.0 Å². The van der Waals surface area contributed by atoms with Gasteiger partial charge in [-0.15, -0.1) is 0 Å². The number of halogens is 2. The number of nitrogens with zero attached hydrogens (tertiary/aromatic N) is 1. The quantitative estimate of drug-likeness (QED) is 0.426. The summed E-state index contributed by atoms with van der Waals surface area (Å²) in [6, 6.07) is 11.8. The SMILES string of the molecule is O=C(COC(=O)c1ccc2c(c1)C(=O)N(Cc1ccco1)C2=O)Nc1cc(Cl)ccc1Cl. The van der Waals surface area contributed by atoms with E-state index in [9.17, 15) is 19.2 Å². The number of esters is 1. The first-order chi connectivity index (χ1) is 15.3. The molecule has 0 atom stereocenters. The molecule has 8 nitrogen and oxygen atoms in total. The largest absolute Gasteiger partial charge is 0.467 e. The van der Waals surface area contributed by atoms with Crippen LogP contribution in [0.4, 0.5) is 5.69 Å². The Bertz CT molecular complexity index is 1240. The van der Waals surface area contributed by atoms with E-state index >= 15 is 0 Å². The summed E-state index contributed by atoms with van der Waals surface area (Å²) < 4.78 is 10.2. The number of hydrogen-bond donors (Lipinski definition) is 1. The minimum atomic E-state index is -0.829. The highest BCUT2D eigenvalue weighted by Crippen LogP contribution is 2.27. The van der Waals surface area contributed by atoms with Crippen LogP contribution in [0.5, 0.6) is 0 Å². The third-order valence-corrected chi connectivity index (χ3v) is 5.20. The normalized spacial score (nSPS) is 12.6. The van der Waals surface area contributed by atoms with Crippen LogP contribution in [0.25, 0.3) is 0 Å². The maximum atomic E-state index is 12.7. The first-order valence-electron chi connectivity index (χ1n) is 9.28. The molecule has 0 aliphatic carbocycles.